The van der Waals surface area contributed by atoms with Crippen molar-refractivity contribution in [3.63, 3.8) is 0 Å². The minimum Gasteiger partial charge on any atom is -0.353 e. The molecule has 0 aromatic heterocycles. The van der Waals surface area contributed by atoms with Crippen molar-refractivity contribution in [3.8, 4) is 0 Å². The van der Waals surface area contributed by atoms with E-state index in [4.69, 9.17) is 5.73 Å². The Morgan fingerprint density at radius 1 is 1.38 bits per heavy atom. The molecule has 21 heavy (non-hydrogen) atoms. The van der Waals surface area contributed by atoms with Crippen LogP contribution in [0, 0.1) is 0 Å². The Labute approximate surface area is 141 Å². The number of nitrogens with two attached hydrogens (primary N) is 1. The van der Waals surface area contributed by atoms with E-state index in [2.05, 4.69) is 29.6 Å². The zero-order valence-electron chi connectivity index (χ0n) is 12.2. The molecule has 1 aromatic rings. The average Bonchev–Trinajstić information content (AvgIpc) is 3.23. The number of carbonyl (C=O) groups excluding carboxylic acids is 1. The average molecular weight is 347 g/mol. The number of thioether (sulfide) groups is 2. The van der Waals surface area contributed by atoms with E-state index in [0.29, 0.717) is 0 Å². The van der Waals surface area contributed by atoms with Gasteiger partial charge < -0.3 is 11.1 Å². The molecule has 1 saturated carbocycles. The maximum atomic E-state index is 11.9. The highest BCUT2D eigenvalue weighted by atomic mass is 35.5. The molecule has 6 heteroatoms. The molecule has 0 unspecified atom stereocenters. The molecule has 1 amide bonds. The maximum Gasteiger partial charge on any atom is 0.236 e. The van der Waals surface area contributed by atoms with Crippen LogP contribution < -0.4 is 11.1 Å². The minimum atomic E-state index is -0.375. The van der Waals surface area contributed by atoms with Crippen LogP contribution in [0.5, 0.6) is 0 Å². The van der Waals surface area contributed by atoms with Gasteiger partial charge in [0.05, 0.1) is 6.04 Å². The van der Waals surface area contributed by atoms with E-state index in [9.17, 15) is 4.79 Å². The number of benzene rings is 1. The van der Waals surface area contributed by atoms with Gasteiger partial charge in [-0.05, 0) is 43.4 Å². The molecule has 0 radical (unpaired) electrons. The zero-order valence-corrected chi connectivity index (χ0v) is 14.7. The summed E-state index contributed by atoms with van der Waals surface area (Å²) in [7, 11) is 0. The monoisotopic (exact) mass is 346 g/mol. The van der Waals surface area contributed by atoms with E-state index in [0.717, 1.165) is 31.6 Å². The van der Waals surface area contributed by atoms with Gasteiger partial charge in [-0.2, -0.15) is 11.8 Å². The summed E-state index contributed by atoms with van der Waals surface area (Å²) in [5, 5.41) is 3.02. The van der Waals surface area contributed by atoms with Crippen LogP contribution in [-0.2, 0) is 4.79 Å². The van der Waals surface area contributed by atoms with Crippen LogP contribution in [0.4, 0.5) is 0 Å². The summed E-state index contributed by atoms with van der Waals surface area (Å²) in [4.78, 5) is 13.2. The van der Waals surface area contributed by atoms with Crippen LogP contribution in [-0.4, -0.2) is 35.2 Å². The van der Waals surface area contributed by atoms with Gasteiger partial charge in [-0.3, -0.25) is 4.79 Å². The number of carbonyl (C=O) groups is 1. The molecular weight excluding hydrogens is 324 g/mol. The lowest BCUT2D eigenvalue weighted by Gasteiger charge is -2.18. The molecule has 1 fully saturated rings. The Kier molecular flexibility index (Phi) is 7.95. The number of hydrogen-bond donors (Lipinski definition) is 2. The lowest BCUT2D eigenvalue weighted by Crippen LogP contribution is -2.43. The molecule has 0 saturated heterocycles. The first-order chi connectivity index (χ1) is 9.65. The molecule has 0 bridgehead atoms. The minimum absolute atomic E-state index is 0. The highest BCUT2D eigenvalue weighted by Crippen LogP contribution is 2.51. The lowest BCUT2D eigenvalue weighted by atomic mass is 10.2. The van der Waals surface area contributed by atoms with Crippen LogP contribution in [0.1, 0.15) is 19.3 Å². The summed E-state index contributed by atoms with van der Waals surface area (Å²) in [6.07, 6.45) is 5.09. The second-order valence-corrected chi connectivity index (χ2v) is 7.73. The number of hydrogen-bond acceptors (Lipinski definition) is 4. The quantitative estimate of drug-likeness (QED) is 0.760. The van der Waals surface area contributed by atoms with Crippen molar-refractivity contribution in [2.24, 2.45) is 5.73 Å². The third-order valence-electron chi connectivity index (χ3n) is 3.44. The summed E-state index contributed by atoms with van der Waals surface area (Å²) in [6.45, 7) is 0.721. The van der Waals surface area contributed by atoms with Gasteiger partial charge in [-0.1, -0.05) is 18.2 Å². The van der Waals surface area contributed by atoms with Gasteiger partial charge in [0.1, 0.15) is 0 Å². The number of amides is 1. The standard InChI is InChI=1S/C15H22N2OS2.ClH/c1-19-10-7-13(16)14(18)17-11-15(8-9-15)20-12-5-3-2-4-6-12;/h2-6,13H,7-11,16H2,1H3,(H,17,18);1H/t13-;/m0./s1. The number of rotatable bonds is 8. The Hall–Kier alpha value is -0.360. The Morgan fingerprint density at radius 3 is 2.62 bits per heavy atom. The van der Waals surface area contributed by atoms with Gasteiger partial charge in [-0.15, -0.1) is 24.2 Å². The summed E-state index contributed by atoms with van der Waals surface area (Å²) < 4.78 is 0.191. The van der Waals surface area contributed by atoms with Crippen molar-refractivity contribution >= 4 is 41.8 Å². The fraction of sp³-hybridized carbons (Fsp3) is 0.533. The summed E-state index contributed by atoms with van der Waals surface area (Å²) in [5.74, 6) is 0.914. The van der Waals surface area contributed by atoms with E-state index in [1.807, 2.05) is 24.1 Å². The molecule has 0 aliphatic heterocycles. The Morgan fingerprint density at radius 2 is 2.05 bits per heavy atom. The molecule has 1 aliphatic rings. The van der Waals surface area contributed by atoms with Gasteiger partial charge in [0.2, 0.25) is 5.91 Å². The fourth-order valence-electron chi connectivity index (χ4n) is 1.95. The van der Waals surface area contributed by atoms with Gasteiger partial charge in [0.15, 0.2) is 0 Å². The molecule has 0 heterocycles. The Balaban J connectivity index is 0.00000220. The van der Waals surface area contributed by atoms with Gasteiger partial charge in [0, 0.05) is 16.2 Å². The summed E-state index contributed by atoms with van der Waals surface area (Å²) >= 11 is 3.59. The van der Waals surface area contributed by atoms with Gasteiger partial charge in [0.25, 0.3) is 0 Å². The zero-order chi connectivity index (χ0) is 14.4. The van der Waals surface area contributed by atoms with Crippen molar-refractivity contribution in [2.45, 2.75) is 34.9 Å². The molecule has 118 valence electrons. The largest absolute Gasteiger partial charge is 0.353 e. The summed E-state index contributed by atoms with van der Waals surface area (Å²) in [5.41, 5.74) is 5.87. The normalized spacial score (nSPS) is 16.7. The third kappa shape index (κ3) is 6.10. The van der Waals surface area contributed by atoms with E-state index >= 15 is 0 Å². The van der Waals surface area contributed by atoms with Crippen molar-refractivity contribution in [1.29, 1.82) is 0 Å². The van der Waals surface area contributed by atoms with Gasteiger partial charge in [-0.25, -0.2) is 0 Å². The van der Waals surface area contributed by atoms with Crippen LogP contribution in [0.25, 0.3) is 0 Å². The Bertz CT molecular complexity index is 441. The van der Waals surface area contributed by atoms with Crippen molar-refractivity contribution in [2.75, 3.05) is 18.6 Å². The third-order valence-corrected chi connectivity index (χ3v) is 5.58. The number of halogens is 1. The van der Waals surface area contributed by atoms with Crippen LogP contribution in [0.2, 0.25) is 0 Å². The predicted molar refractivity (Wildman–Crippen MR) is 95.5 cm³/mol. The molecular formula is C15H23ClN2OS2. The van der Waals surface area contributed by atoms with Crippen molar-refractivity contribution in [3.05, 3.63) is 30.3 Å². The van der Waals surface area contributed by atoms with E-state index in [1.165, 1.54) is 4.90 Å². The molecule has 1 aliphatic carbocycles. The first-order valence-electron chi connectivity index (χ1n) is 6.91. The van der Waals surface area contributed by atoms with Crippen LogP contribution in [0.3, 0.4) is 0 Å². The van der Waals surface area contributed by atoms with Crippen LogP contribution in [0.15, 0.2) is 35.2 Å². The highest BCUT2D eigenvalue weighted by Gasteiger charge is 2.44. The van der Waals surface area contributed by atoms with E-state index in [-0.39, 0.29) is 29.1 Å². The van der Waals surface area contributed by atoms with Crippen molar-refractivity contribution < 1.29 is 4.79 Å². The lowest BCUT2D eigenvalue weighted by molar-refractivity contribution is -0.122. The SMILES string of the molecule is CSCC[C@H](N)C(=O)NCC1(Sc2ccccc2)CC1.Cl. The molecule has 1 atom stereocenters. The van der Waals surface area contributed by atoms with E-state index < -0.39 is 0 Å². The molecule has 1 aromatic carbocycles. The molecule has 2 rings (SSSR count). The smallest absolute Gasteiger partial charge is 0.236 e. The molecule has 3 N–H and O–H groups in total. The second-order valence-electron chi connectivity index (χ2n) is 5.20. The molecule has 3 nitrogen and oxygen atoms in total. The summed E-state index contributed by atoms with van der Waals surface area (Å²) in [6, 6.07) is 9.99. The maximum absolute atomic E-state index is 11.9. The fourth-order valence-corrected chi connectivity index (χ4v) is 3.68. The second kappa shape index (κ2) is 8.93. The van der Waals surface area contributed by atoms with Gasteiger partial charge >= 0.3 is 0 Å². The first-order valence-corrected chi connectivity index (χ1v) is 9.12. The predicted octanol–water partition coefficient (Wildman–Crippen LogP) is 2.93. The highest BCUT2D eigenvalue weighted by molar-refractivity contribution is 8.01. The van der Waals surface area contributed by atoms with E-state index in [1.54, 1.807) is 11.8 Å². The molecule has 0 spiro atoms. The van der Waals surface area contributed by atoms with Crippen molar-refractivity contribution in [1.82, 2.24) is 5.32 Å². The van der Waals surface area contributed by atoms with Crippen LogP contribution >= 0.6 is 35.9 Å². The topological polar surface area (TPSA) is 55.1 Å². The number of nitrogens with one attached hydrogen (secondary N) is 1. The first kappa shape index (κ1) is 18.7.